The van der Waals surface area contributed by atoms with E-state index in [9.17, 15) is 19.1 Å². The van der Waals surface area contributed by atoms with Crippen LogP contribution in [0.1, 0.15) is 32.1 Å². The maximum absolute atomic E-state index is 14.4. The molecule has 1 N–H and O–H groups in total. The lowest BCUT2D eigenvalue weighted by Gasteiger charge is -2.47. The number of fused-ring (bicyclic) bond motifs is 1. The standard InChI is InChI=1S/C22H26FN3O4/c1-30-16-5-6-17(18(23)12-16)19-7-8-20(27)26(24-19)14-21(28)25-11-10-22(29)9-3-2-4-15(22)13-25/h5-8,12,15,29H,2-4,9-11,13-14H2,1H3/t15-,22-/m1/s1. The zero-order chi connectivity index (χ0) is 21.3. The summed E-state index contributed by atoms with van der Waals surface area (Å²) in [7, 11) is 1.45. The molecule has 160 valence electrons. The first-order chi connectivity index (χ1) is 14.4. The fourth-order valence-corrected chi connectivity index (χ4v) is 4.56. The molecule has 0 unspecified atom stereocenters. The van der Waals surface area contributed by atoms with Gasteiger partial charge in [0.1, 0.15) is 18.1 Å². The van der Waals surface area contributed by atoms with E-state index in [2.05, 4.69) is 5.10 Å². The number of aromatic nitrogens is 2. The first kappa shape index (κ1) is 20.5. The summed E-state index contributed by atoms with van der Waals surface area (Å²) in [6.45, 7) is 0.750. The van der Waals surface area contributed by atoms with E-state index in [1.807, 2.05) is 0 Å². The molecule has 7 nitrogen and oxygen atoms in total. The number of carbonyl (C=O) groups excluding carboxylic acids is 1. The molecule has 0 radical (unpaired) electrons. The molecule has 1 aliphatic carbocycles. The smallest absolute Gasteiger partial charge is 0.267 e. The first-order valence-corrected chi connectivity index (χ1v) is 10.3. The first-order valence-electron chi connectivity index (χ1n) is 10.3. The highest BCUT2D eigenvalue weighted by Gasteiger charge is 2.43. The number of amides is 1. The Morgan fingerprint density at radius 1 is 1.30 bits per heavy atom. The van der Waals surface area contributed by atoms with Crippen LogP contribution in [0.4, 0.5) is 4.39 Å². The van der Waals surface area contributed by atoms with Gasteiger partial charge in [0, 0.05) is 36.7 Å². The van der Waals surface area contributed by atoms with E-state index in [1.165, 1.54) is 31.4 Å². The van der Waals surface area contributed by atoms with Gasteiger partial charge in [0.2, 0.25) is 5.91 Å². The van der Waals surface area contributed by atoms with Crippen LogP contribution < -0.4 is 10.3 Å². The third-order valence-electron chi connectivity index (χ3n) is 6.38. The zero-order valence-corrected chi connectivity index (χ0v) is 17.0. The van der Waals surface area contributed by atoms with Gasteiger partial charge in [-0.2, -0.15) is 5.10 Å². The molecule has 2 aliphatic rings. The van der Waals surface area contributed by atoms with Gasteiger partial charge in [-0.3, -0.25) is 9.59 Å². The summed E-state index contributed by atoms with van der Waals surface area (Å²) in [5.41, 5.74) is -0.604. The molecular formula is C22H26FN3O4. The number of halogens is 1. The van der Waals surface area contributed by atoms with Crippen molar-refractivity contribution in [1.82, 2.24) is 14.7 Å². The van der Waals surface area contributed by atoms with Gasteiger partial charge in [-0.1, -0.05) is 12.8 Å². The summed E-state index contributed by atoms with van der Waals surface area (Å²) in [4.78, 5) is 26.8. The van der Waals surface area contributed by atoms with Gasteiger partial charge in [-0.25, -0.2) is 9.07 Å². The number of nitrogens with zero attached hydrogens (tertiary/aromatic N) is 3. The number of benzene rings is 1. The van der Waals surface area contributed by atoms with Gasteiger partial charge < -0.3 is 14.7 Å². The zero-order valence-electron chi connectivity index (χ0n) is 17.0. The predicted octanol–water partition coefficient (Wildman–Crippen LogP) is 2.21. The van der Waals surface area contributed by atoms with Gasteiger partial charge in [-0.15, -0.1) is 0 Å². The lowest BCUT2D eigenvalue weighted by Crippen LogP contribution is -2.55. The molecule has 2 atom stereocenters. The number of hydrogen-bond acceptors (Lipinski definition) is 5. The molecule has 8 heteroatoms. The third kappa shape index (κ3) is 3.96. The molecule has 2 fully saturated rings. The Bertz CT molecular complexity index is 1010. The van der Waals surface area contributed by atoms with Gasteiger partial charge >= 0.3 is 0 Å². The molecule has 1 amide bonds. The maximum Gasteiger partial charge on any atom is 0.267 e. The van der Waals surface area contributed by atoms with E-state index in [-0.39, 0.29) is 29.6 Å². The Morgan fingerprint density at radius 2 is 2.13 bits per heavy atom. The van der Waals surface area contributed by atoms with Gasteiger partial charge in [0.15, 0.2) is 0 Å². The number of likely N-dealkylation sites (tertiary alicyclic amines) is 1. The van der Waals surface area contributed by atoms with E-state index >= 15 is 0 Å². The van der Waals surface area contributed by atoms with Crippen molar-refractivity contribution >= 4 is 5.91 Å². The number of rotatable bonds is 4. The fourth-order valence-electron chi connectivity index (χ4n) is 4.56. The molecule has 4 rings (SSSR count). The SMILES string of the molecule is COc1ccc(-c2ccc(=O)n(CC(=O)N3CC[C@]4(O)CCCC[C@@H]4C3)n2)c(F)c1. The lowest BCUT2D eigenvalue weighted by atomic mass is 9.71. The summed E-state index contributed by atoms with van der Waals surface area (Å²) < 4.78 is 20.5. The summed E-state index contributed by atoms with van der Waals surface area (Å²) in [6.07, 6.45) is 4.34. The number of methoxy groups -OCH3 is 1. The van der Waals surface area contributed by atoms with Crippen molar-refractivity contribution in [2.24, 2.45) is 5.92 Å². The second kappa shape index (κ2) is 8.18. The maximum atomic E-state index is 14.4. The Morgan fingerprint density at radius 3 is 2.90 bits per heavy atom. The summed E-state index contributed by atoms with van der Waals surface area (Å²) >= 11 is 0. The molecule has 30 heavy (non-hydrogen) atoms. The lowest BCUT2D eigenvalue weighted by molar-refractivity contribution is -0.144. The second-order valence-electron chi connectivity index (χ2n) is 8.20. The quantitative estimate of drug-likeness (QED) is 0.828. The molecular weight excluding hydrogens is 389 g/mol. The molecule has 1 saturated heterocycles. The van der Waals surface area contributed by atoms with Crippen LogP contribution in [0.3, 0.4) is 0 Å². The van der Waals surface area contributed by atoms with Crippen LogP contribution in [0.25, 0.3) is 11.3 Å². The monoisotopic (exact) mass is 415 g/mol. The number of aliphatic hydroxyl groups is 1. The molecule has 2 aromatic rings. The Labute approximate surface area is 174 Å². The van der Waals surface area contributed by atoms with Crippen LogP contribution in [0.5, 0.6) is 5.75 Å². The fraction of sp³-hybridized carbons (Fsp3) is 0.500. The van der Waals surface area contributed by atoms with Gasteiger partial charge in [-0.05, 0) is 37.5 Å². The number of piperidine rings is 1. The van der Waals surface area contributed by atoms with Gasteiger partial charge in [0.05, 0.1) is 18.4 Å². The Hall–Kier alpha value is -2.74. The van der Waals surface area contributed by atoms with Crippen molar-refractivity contribution in [3.8, 4) is 17.0 Å². The minimum atomic E-state index is -0.671. The third-order valence-corrected chi connectivity index (χ3v) is 6.38. The predicted molar refractivity (Wildman–Crippen MR) is 109 cm³/mol. The van der Waals surface area contributed by atoms with Crippen LogP contribution in [-0.4, -0.2) is 51.5 Å². The molecule has 1 aromatic carbocycles. The second-order valence-corrected chi connectivity index (χ2v) is 8.20. The van der Waals surface area contributed by atoms with Crippen LogP contribution in [0, 0.1) is 11.7 Å². The topological polar surface area (TPSA) is 84.7 Å². The van der Waals surface area contributed by atoms with Crippen LogP contribution >= 0.6 is 0 Å². The number of carbonyl (C=O) groups is 1. The highest BCUT2D eigenvalue weighted by molar-refractivity contribution is 5.76. The van der Waals surface area contributed by atoms with E-state index in [1.54, 1.807) is 11.0 Å². The number of hydrogen-bond donors (Lipinski definition) is 1. The van der Waals surface area contributed by atoms with Crippen molar-refractivity contribution in [1.29, 1.82) is 0 Å². The average molecular weight is 415 g/mol. The van der Waals surface area contributed by atoms with E-state index < -0.39 is 17.0 Å². The molecule has 1 aliphatic heterocycles. The normalized spacial score (nSPS) is 23.7. The highest BCUT2D eigenvalue weighted by atomic mass is 19.1. The molecule has 0 spiro atoms. The summed E-state index contributed by atoms with van der Waals surface area (Å²) in [6, 6.07) is 7.12. The van der Waals surface area contributed by atoms with Crippen molar-refractivity contribution in [2.75, 3.05) is 20.2 Å². The van der Waals surface area contributed by atoms with Crippen molar-refractivity contribution < 1.29 is 19.0 Å². The molecule has 0 bridgehead atoms. The largest absolute Gasteiger partial charge is 0.497 e. The van der Waals surface area contributed by atoms with Gasteiger partial charge in [0.25, 0.3) is 5.56 Å². The van der Waals surface area contributed by atoms with E-state index in [0.717, 1.165) is 30.4 Å². The van der Waals surface area contributed by atoms with Crippen LogP contribution in [0.2, 0.25) is 0 Å². The van der Waals surface area contributed by atoms with Crippen LogP contribution in [-0.2, 0) is 11.3 Å². The molecule has 1 saturated carbocycles. The minimum Gasteiger partial charge on any atom is -0.497 e. The Kier molecular flexibility index (Phi) is 5.60. The number of ether oxygens (including phenoxy) is 1. The van der Waals surface area contributed by atoms with E-state index in [4.69, 9.17) is 4.74 Å². The molecule has 1 aromatic heterocycles. The summed E-state index contributed by atoms with van der Waals surface area (Å²) in [5, 5.41) is 15.0. The van der Waals surface area contributed by atoms with Crippen LogP contribution in [0.15, 0.2) is 35.1 Å². The average Bonchev–Trinajstić information content (AvgIpc) is 2.74. The highest BCUT2D eigenvalue weighted by Crippen LogP contribution is 2.39. The van der Waals surface area contributed by atoms with Crippen molar-refractivity contribution in [3.05, 3.63) is 46.5 Å². The Balaban J connectivity index is 1.51. The minimum absolute atomic E-state index is 0.0772. The van der Waals surface area contributed by atoms with Crippen molar-refractivity contribution in [3.63, 3.8) is 0 Å². The molecule has 2 heterocycles. The van der Waals surface area contributed by atoms with Crippen molar-refractivity contribution in [2.45, 2.75) is 44.2 Å². The van der Waals surface area contributed by atoms with E-state index in [0.29, 0.717) is 25.3 Å². The summed E-state index contributed by atoms with van der Waals surface area (Å²) in [5.74, 6) is -0.281.